The summed E-state index contributed by atoms with van der Waals surface area (Å²) in [6.07, 6.45) is 4.90. The van der Waals surface area contributed by atoms with E-state index >= 15 is 0 Å². The third-order valence-electron chi connectivity index (χ3n) is 6.77. The van der Waals surface area contributed by atoms with Crippen LogP contribution in [0.5, 0.6) is 23.0 Å². The van der Waals surface area contributed by atoms with Crippen molar-refractivity contribution in [1.82, 2.24) is 4.57 Å². The number of hydrogen-bond donors (Lipinski definition) is 0. The molecule has 0 saturated carbocycles. The van der Waals surface area contributed by atoms with Gasteiger partial charge in [0, 0.05) is 6.92 Å². The predicted molar refractivity (Wildman–Crippen MR) is 163 cm³/mol. The average molecular weight is 609 g/mol. The van der Waals surface area contributed by atoms with Gasteiger partial charge in [-0.05, 0) is 61.7 Å². The Hall–Kier alpha value is -4.38. The molecule has 4 rings (SSSR count). The van der Waals surface area contributed by atoms with E-state index in [4.69, 9.17) is 23.7 Å². The van der Waals surface area contributed by atoms with E-state index in [1.165, 1.54) is 29.9 Å². The molecule has 0 fully saturated rings. The second-order valence-electron chi connectivity index (χ2n) is 9.77. The Morgan fingerprint density at radius 3 is 2.40 bits per heavy atom. The fourth-order valence-corrected chi connectivity index (χ4v) is 5.83. The van der Waals surface area contributed by atoms with Gasteiger partial charge in [0.1, 0.15) is 0 Å². The molecule has 0 radical (unpaired) electrons. The first-order chi connectivity index (χ1) is 20.7. The Labute approximate surface area is 253 Å². The molecule has 1 aliphatic heterocycles. The standard InChI is InChI=1S/C32H36N2O8S/c1-7-9-10-15-41-23-13-11-21(16-25(23)38-5)17-27-30(36)34-29(22-12-14-24(42-20(4)35)26(18-22)39-6)28(31(37)40-8-2)19(3)33-32(34)43-27/h11-14,16-18,29H,7-10,15H2,1-6H3/b27-17+/t29-/m0/s1. The van der Waals surface area contributed by atoms with Gasteiger partial charge in [-0.25, -0.2) is 9.79 Å². The molecule has 2 aromatic carbocycles. The van der Waals surface area contributed by atoms with Crippen LogP contribution in [0.4, 0.5) is 0 Å². The maximum absolute atomic E-state index is 14.0. The van der Waals surface area contributed by atoms with E-state index < -0.39 is 18.0 Å². The zero-order valence-corrected chi connectivity index (χ0v) is 26.0. The zero-order valence-electron chi connectivity index (χ0n) is 25.2. The van der Waals surface area contributed by atoms with Gasteiger partial charge in [-0.1, -0.05) is 43.2 Å². The fraction of sp³-hybridized carbons (Fsp3) is 0.375. The van der Waals surface area contributed by atoms with E-state index in [-0.39, 0.29) is 29.2 Å². The molecule has 0 amide bonds. The van der Waals surface area contributed by atoms with Crippen molar-refractivity contribution in [2.75, 3.05) is 27.4 Å². The second-order valence-corrected chi connectivity index (χ2v) is 10.8. The van der Waals surface area contributed by atoms with Crippen molar-refractivity contribution in [1.29, 1.82) is 0 Å². The van der Waals surface area contributed by atoms with Gasteiger partial charge in [-0.15, -0.1) is 0 Å². The van der Waals surface area contributed by atoms with Crippen LogP contribution in [0.1, 0.15) is 64.1 Å². The van der Waals surface area contributed by atoms with E-state index in [9.17, 15) is 14.4 Å². The molecule has 0 N–H and O–H groups in total. The van der Waals surface area contributed by atoms with Crippen LogP contribution in [-0.2, 0) is 14.3 Å². The first kappa shape index (κ1) is 31.6. The highest BCUT2D eigenvalue weighted by molar-refractivity contribution is 7.07. The first-order valence-electron chi connectivity index (χ1n) is 14.1. The number of benzene rings is 2. The van der Waals surface area contributed by atoms with Gasteiger partial charge in [0.25, 0.3) is 5.56 Å². The molecule has 10 nitrogen and oxygen atoms in total. The van der Waals surface area contributed by atoms with E-state index in [0.29, 0.717) is 38.7 Å². The van der Waals surface area contributed by atoms with Gasteiger partial charge in [0.2, 0.25) is 0 Å². The number of aromatic nitrogens is 1. The Balaban J connectivity index is 1.83. The summed E-state index contributed by atoms with van der Waals surface area (Å²) >= 11 is 1.21. The Kier molecular flexibility index (Phi) is 10.4. The number of unbranched alkanes of at least 4 members (excludes halogenated alkanes) is 2. The highest BCUT2D eigenvalue weighted by Crippen LogP contribution is 2.36. The van der Waals surface area contributed by atoms with Gasteiger partial charge >= 0.3 is 11.9 Å². The molecule has 3 aromatic rings. The minimum atomic E-state index is -0.855. The molecule has 0 spiro atoms. The summed E-state index contributed by atoms with van der Waals surface area (Å²) in [5.74, 6) is 0.613. The molecule has 0 unspecified atom stereocenters. The summed E-state index contributed by atoms with van der Waals surface area (Å²) < 4.78 is 29.5. The summed E-state index contributed by atoms with van der Waals surface area (Å²) in [6, 6.07) is 9.55. The van der Waals surface area contributed by atoms with Gasteiger partial charge in [-0.2, -0.15) is 0 Å². The zero-order chi connectivity index (χ0) is 31.1. The minimum Gasteiger partial charge on any atom is -0.493 e. The highest BCUT2D eigenvalue weighted by atomic mass is 32.1. The van der Waals surface area contributed by atoms with Crippen LogP contribution in [0.25, 0.3) is 6.08 Å². The van der Waals surface area contributed by atoms with Crippen LogP contribution in [0, 0.1) is 0 Å². The number of hydrogen-bond acceptors (Lipinski definition) is 10. The van der Waals surface area contributed by atoms with Crippen LogP contribution in [-0.4, -0.2) is 43.9 Å². The molecule has 1 atom stereocenters. The monoisotopic (exact) mass is 608 g/mol. The molecule has 43 heavy (non-hydrogen) atoms. The third kappa shape index (κ3) is 6.99. The highest BCUT2D eigenvalue weighted by Gasteiger charge is 2.34. The molecule has 2 heterocycles. The maximum atomic E-state index is 14.0. The molecule has 0 saturated heterocycles. The van der Waals surface area contributed by atoms with Crippen LogP contribution in [0.15, 0.2) is 57.5 Å². The lowest BCUT2D eigenvalue weighted by Crippen LogP contribution is -2.40. The van der Waals surface area contributed by atoms with Crippen LogP contribution in [0.3, 0.4) is 0 Å². The van der Waals surface area contributed by atoms with Crippen molar-refractivity contribution in [3.8, 4) is 23.0 Å². The second kappa shape index (κ2) is 14.2. The van der Waals surface area contributed by atoms with E-state index in [2.05, 4.69) is 11.9 Å². The number of carbonyl (C=O) groups is 2. The van der Waals surface area contributed by atoms with Gasteiger partial charge in [-0.3, -0.25) is 14.2 Å². The lowest BCUT2D eigenvalue weighted by atomic mass is 9.95. The van der Waals surface area contributed by atoms with Gasteiger partial charge < -0.3 is 23.7 Å². The minimum absolute atomic E-state index is 0.154. The number of carbonyl (C=O) groups excluding carboxylic acids is 2. The molecule has 228 valence electrons. The fourth-order valence-electron chi connectivity index (χ4n) is 4.78. The number of methoxy groups -OCH3 is 2. The lowest BCUT2D eigenvalue weighted by Gasteiger charge is -2.25. The Morgan fingerprint density at radius 2 is 1.72 bits per heavy atom. The number of ether oxygens (including phenoxy) is 5. The van der Waals surface area contributed by atoms with Crippen molar-refractivity contribution in [3.05, 3.63) is 78.5 Å². The maximum Gasteiger partial charge on any atom is 0.338 e. The summed E-state index contributed by atoms with van der Waals surface area (Å²) in [4.78, 5) is 43.8. The van der Waals surface area contributed by atoms with Crippen molar-refractivity contribution in [2.24, 2.45) is 4.99 Å². The van der Waals surface area contributed by atoms with E-state index in [1.807, 2.05) is 18.2 Å². The van der Waals surface area contributed by atoms with Crippen molar-refractivity contribution in [3.63, 3.8) is 0 Å². The van der Waals surface area contributed by atoms with E-state index in [1.54, 1.807) is 45.2 Å². The number of nitrogens with zero attached hydrogens (tertiary/aromatic N) is 2. The Morgan fingerprint density at radius 1 is 1.00 bits per heavy atom. The molecule has 11 heteroatoms. The summed E-state index contributed by atoms with van der Waals surface area (Å²) in [6.45, 7) is 7.60. The topological polar surface area (TPSA) is 115 Å². The molecule has 1 aromatic heterocycles. The molecule has 0 bridgehead atoms. The predicted octanol–water partition coefficient (Wildman–Crippen LogP) is 4.31. The quantitative estimate of drug-likeness (QED) is 0.170. The van der Waals surface area contributed by atoms with Crippen LogP contribution < -0.4 is 33.8 Å². The van der Waals surface area contributed by atoms with E-state index in [0.717, 1.165) is 24.8 Å². The summed E-state index contributed by atoms with van der Waals surface area (Å²) in [7, 11) is 3.02. The number of rotatable bonds is 12. The average Bonchev–Trinajstić information content (AvgIpc) is 3.28. The summed E-state index contributed by atoms with van der Waals surface area (Å²) in [5, 5.41) is 0. The van der Waals surface area contributed by atoms with Gasteiger partial charge in [0.15, 0.2) is 27.8 Å². The smallest absolute Gasteiger partial charge is 0.338 e. The summed E-state index contributed by atoms with van der Waals surface area (Å²) in [5.41, 5.74) is 1.64. The SMILES string of the molecule is CCCCCOc1ccc(/C=c2/sc3n(c2=O)[C@@H](c2ccc(OC(C)=O)c(OC)c2)C(C(=O)OCC)=C(C)N=3)cc1OC. The number of esters is 2. The number of allylic oxidation sites excluding steroid dienone is 1. The van der Waals surface area contributed by atoms with Gasteiger partial charge in [0.05, 0.1) is 49.3 Å². The van der Waals surface area contributed by atoms with Crippen LogP contribution >= 0.6 is 11.3 Å². The molecule has 0 aliphatic carbocycles. The van der Waals surface area contributed by atoms with Crippen LogP contribution in [0.2, 0.25) is 0 Å². The third-order valence-corrected chi connectivity index (χ3v) is 7.75. The molecule has 1 aliphatic rings. The van der Waals surface area contributed by atoms with Crippen molar-refractivity contribution in [2.45, 2.75) is 53.0 Å². The van der Waals surface area contributed by atoms with Crippen molar-refractivity contribution < 1.29 is 33.3 Å². The van der Waals surface area contributed by atoms with Crippen molar-refractivity contribution >= 4 is 29.4 Å². The number of fused-ring (bicyclic) bond motifs is 1. The number of thiazole rings is 1. The lowest BCUT2D eigenvalue weighted by molar-refractivity contribution is -0.139. The molecular weight excluding hydrogens is 572 g/mol. The normalized spacial score (nSPS) is 14.6. The Bertz CT molecular complexity index is 1720. The molecular formula is C32H36N2O8S. The largest absolute Gasteiger partial charge is 0.493 e. The first-order valence-corrected chi connectivity index (χ1v) is 14.9.